The number of hydrogen-bond acceptors (Lipinski definition) is 2. The lowest BCUT2D eigenvalue weighted by Crippen LogP contribution is -2.36. The second kappa shape index (κ2) is 6.02. The van der Waals surface area contributed by atoms with Crippen molar-refractivity contribution in [1.29, 1.82) is 0 Å². The van der Waals surface area contributed by atoms with Gasteiger partial charge in [0.2, 0.25) is 0 Å². The van der Waals surface area contributed by atoms with E-state index in [2.05, 4.69) is 19.3 Å². The highest BCUT2D eigenvalue weighted by molar-refractivity contribution is 4.84. The average Bonchev–Trinajstić information content (AvgIpc) is 2.74. The van der Waals surface area contributed by atoms with Gasteiger partial charge in [0.15, 0.2) is 0 Å². The molecule has 3 atom stereocenters. The molecule has 2 heteroatoms. The Morgan fingerprint density at radius 2 is 2.00 bits per heavy atom. The first-order valence-electron chi connectivity index (χ1n) is 7.08. The summed E-state index contributed by atoms with van der Waals surface area (Å²) in [6.07, 6.45) is 10.4. The van der Waals surface area contributed by atoms with Gasteiger partial charge in [-0.25, -0.2) is 0 Å². The van der Waals surface area contributed by atoms with Crippen LogP contribution in [0.25, 0.3) is 0 Å². The van der Waals surface area contributed by atoms with E-state index in [1.54, 1.807) is 0 Å². The number of nitrogens with one attached hydrogen (secondary N) is 1. The average molecular weight is 225 g/mol. The lowest BCUT2D eigenvalue weighted by Gasteiger charge is -2.29. The zero-order chi connectivity index (χ0) is 11.4. The van der Waals surface area contributed by atoms with Crippen LogP contribution < -0.4 is 5.32 Å². The van der Waals surface area contributed by atoms with E-state index in [1.165, 1.54) is 44.9 Å². The topological polar surface area (TPSA) is 21.3 Å². The fourth-order valence-electron chi connectivity index (χ4n) is 3.46. The van der Waals surface area contributed by atoms with Gasteiger partial charge in [0.1, 0.15) is 0 Å². The zero-order valence-electron chi connectivity index (χ0n) is 10.9. The third-order valence-electron chi connectivity index (χ3n) is 4.48. The van der Waals surface area contributed by atoms with Gasteiger partial charge in [-0.15, -0.1) is 0 Å². The minimum Gasteiger partial charge on any atom is -0.378 e. The van der Waals surface area contributed by atoms with Crippen molar-refractivity contribution in [3.05, 3.63) is 0 Å². The molecule has 3 unspecified atom stereocenters. The molecular formula is C14H27NO. The lowest BCUT2D eigenvalue weighted by molar-refractivity contribution is 0.115. The van der Waals surface area contributed by atoms with Crippen LogP contribution in [0.2, 0.25) is 0 Å². The van der Waals surface area contributed by atoms with Gasteiger partial charge in [0, 0.05) is 12.0 Å². The summed E-state index contributed by atoms with van der Waals surface area (Å²) in [5.74, 6) is 1.73. The highest BCUT2D eigenvalue weighted by Crippen LogP contribution is 2.31. The standard InChI is InChI=1S/C14H27NO/c1-11-8-13(10-16-11)14(15-2)9-12-6-4-3-5-7-12/h11-15H,3-10H2,1-2H3. The Labute approximate surface area is 100 Å². The van der Waals surface area contributed by atoms with Crippen LogP contribution in [0, 0.1) is 11.8 Å². The van der Waals surface area contributed by atoms with Gasteiger partial charge in [-0.3, -0.25) is 0 Å². The van der Waals surface area contributed by atoms with E-state index in [1.807, 2.05) is 0 Å². The van der Waals surface area contributed by atoms with Crippen molar-refractivity contribution in [3.63, 3.8) is 0 Å². The molecule has 1 N–H and O–H groups in total. The summed E-state index contributed by atoms with van der Waals surface area (Å²) < 4.78 is 5.70. The van der Waals surface area contributed by atoms with Gasteiger partial charge in [-0.05, 0) is 32.7 Å². The number of hydrogen-bond donors (Lipinski definition) is 1. The predicted octanol–water partition coefficient (Wildman–Crippen LogP) is 2.97. The van der Waals surface area contributed by atoms with Gasteiger partial charge in [-0.2, -0.15) is 0 Å². The molecule has 1 heterocycles. The smallest absolute Gasteiger partial charge is 0.0551 e. The summed E-state index contributed by atoms with van der Waals surface area (Å²) >= 11 is 0. The molecule has 2 nitrogen and oxygen atoms in total. The summed E-state index contributed by atoms with van der Waals surface area (Å²) in [5, 5.41) is 3.53. The molecule has 0 bridgehead atoms. The molecule has 2 rings (SSSR count). The van der Waals surface area contributed by atoms with E-state index in [0.29, 0.717) is 12.1 Å². The normalized spacial score (nSPS) is 34.1. The largest absolute Gasteiger partial charge is 0.378 e. The summed E-state index contributed by atoms with van der Waals surface area (Å²) in [4.78, 5) is 0. The lowest BCUT2D eigenvalue weighted by atomic mass is 9.81. The van der Waals surface area contributed by atoms with Gasteiger partial charge in [0.05, 0.1) is 12.7 Å². The second-order valence-corrected chi connectivity index (χ2v) is 5.77. The summed E-state index contributed by atoms with van der Waals surface area (Å²) in [5.41, 5.74) is 0. The summed E-state index contributed by atoms with van der Waals surface area (Å²) in [6, 6.07) is 0.688. The summed E-state index contributed by atoms with van der Waals surface area (Å²) in [6.45, 7) is 3.17. The van der Waals surface area contributed by atoms with Crippen LogP contribution in [0.15, 0.2) is 0 Å². The molecular weight excluding hydrogens is 198 g/mol. The van der Waals surface area contributed by atoms with Crippen LogP contribution >= 0.6 is 0 Å². The Kier molecular flexibility index (Phi) is 4.66. The SMILES string of the molecule is CNC(CC1CCCCC1)C1COC(C)C1. The van der Waals surface area contributed by atoms with E-state index in [0.717, 1.165) is 18.4 Å². The Bertz CT molecular complexity index is 201. The van der Waals surface area contributed by atoms with E-state index in [-0.39, 0.29) is 0 Å². The van der Waals surface area contributed by atoms with Crippen LogP contribution in [-0.4, -0.2) is 25.8 Å². The molecule has 1 saturated heterocycles. The van der Waals surface area contributed by atoms with Crippen molar-refractivity contribution in [2.45, 2.75) is 64.0 Å². The zero-order valence-corrected chi connectivity index (χ0v) is 10.9. The fourth-order valence-corrected chi connectivity index (χ4v) is 3.46. The third kappa shape index (κ3) is 3.21. The molecule has 1 aliphatic carbocycles. The maximum atomic E-state index is 5.70. The molecule has 16 heavy (non-hydrogen) atoms. The van der Waals surface area contributed by atoms with Crippen molar-refractivity contribution in [1.82, 2.24) is 5.32 Å². The monoisotopic (exact) mass is 225 g/mol. The molecule has 0 amide bonds. The third-order valence-corrected chi connectivity index (χ3v) is 4.48. The Morgan fingerprint density at radius 3 is 2.56 bits per heavy atom. The van der Waals surface area contributed by atoms with Crippen molar-refractivity contribution in [2.75, 3.05) is 13.7 Å². The minimum absolute atomic E-state index is 0.479. The van der Waals surface area contributed by atoms with Crippen LogP contribution in [0.1, 0.15) is 51.9 Å². The van der Waals surface area contributed by atoms with Gasteiger partial charge >= 0.3 is 0 Å². The Balaban J connectivity index is 1.80. The van der Waals surface area contributed by atoms with Crippen molar-refractivity contribution < 1.29 is 4.74 Å². The van der Waals surface area contributed by atoms with Crippen LogP contribution in [0.4, 0.5) is 0 Å². The highest BCUT2D eigenvalue weighted by Gasteiger charge is 2.30. The van der Waals surface area contributed by atoms with Crippen molar-refractivity contribution in [3.8, 4) is 0 Å². The van der Waals surface area contributed by atoms with Crippen molar-refractivity contribution in [2.24, 2.45) is 11.8 Å². The van der Waals surface area contributed by atoms with Gasteiger partial charge in [-0.1, -0.05) is 32.1 Å². The molecule has 0 spiro atoms. The predicted molar refractivity (Wildman–Crippen MR) is 67.6 cm³/mol. The van der Waals surface area contributed by atoms with Gasteiger partial charge in [0.25, 0.3) is 0 Å². The quantitative estimate of drug-likeness (QED) is 0.794. The molecule has 2 aliphatic rings. The number of ether oxygens (including phenoxy) is 1. The maximum Gasteiger partial charge on any atom is 0.0551 e. The van der Waals surface area contributed by atoms with E-state index in [9.17, 15) is 0 Å². The minimum atomic E-state index is 0.479. The first-order chi connectivity index (χ1) is 7.79. The molecule has 0 aromatic carbocycles. The van der Waals surface area contributed by atoms with Crippen LogP contribution in [0.5, 0.6) is 0 Å². The Morgan fingerprint density at radius 1 is 1.25 bits per heavy atom. The van der Waals surface area contributed by atoms with Crippen LogP contribution in [0.3, 0.4) is 0 Å². The van der Waals surface area contributed by atoms with Crippen LogP contribution in [-0.2, 0) is 4.74 Å². The van der Waals surface area contributed by atoms with E-state index in [4.69, 9.17) is 4.74 Å². The first kappa shape index (κ1) is 12.4. The second-order valence-electron chi connectivity index (χ2n) is 5.77. The molecule has 0 aromatic heterocycles. The first-order valence-corrected chi connectivity index (χ1v) is 7.08. The highest BCUT2D eigenvalue weighted by atomic mass is 16.5. The van der Waals surface area contributed by atoms with E-state index >= 15 is 0 Å². The molecule has 0 aromatic rings. The van der Waals surface area contributed by atoms with Gasteiger partial charge < -0.3 is 10.1 Å². The molecule has 94 valence electrons. The molecule has 1 aliphatic heterocycles. The van der Waals surface area contributed by atoms with Crippen molar-refractivity contribution >= 4 is 0 Å². The Hall–Kier alpha value is -0.0800. The number of rotatable bonds is 4. The van der Waals surface area contributed by atoms with E-state index < -0.39 is 0 Å². The maximum absolute atomic E-state index is 5.70. The fraction of sp³-hybridized carbons (Fsp3) is 1.00. The summed E-state index contributed by atoms with van der Waals surface area (Å²) in [7, 11) is 2.12. The molecule has 2 fully saturated rings. The molecule has 0 radical (unpaired) electrons. The molecule has 1 saturated carbocycles.